The zero-order chi connectivity index (χ0) is 25.8. The predicted octanol–water partition coefficient (Wildman–Crippen LogP) is 5.04. The molecule has 0 radical (unpaired) electrons. The molecule has 35 heavy (non-hydrogen) atoms. The van der Waals surface area contributed by atoms with E-state index in [1.54, 1.807) is 4.90 Å². The van der Waals surface area contributed by atoms with Crippen molar-refractivity contribution in [3.8, 4) is 11.1 Å². The molecule has 3 rings (SSSR count). The van der Waals surface area contributed by atoms with Crippen molar-refractivity contribution < 1.29 is 24.2 Å². The van der Waals surface area contributed by atoms with Gasteiger partial charge in [0.05, 0.1) is 6.42 Å². The van der Waals surface area contributed by atoms with Crippen molar-refractivity contribution in [2.24, 2.45) is 5.92 Å². The summed E-state index contributed by atoms with van der Waals surface area (Å²) in [4.78, 5) is 38.5. The van der Waals surface area contributed by atoms with Gasteiger partial charge in [-0.1, -0.05) is 62.4 Å². The van der Waals surface area contributed by atoms with Gasteiger partial charge in [-0.05, 0) is 48.9 Å². The Morgan fingerprint density at radius 3 is 2.03 bits per heavy atom. The molecular formula is C28H36N2O5. The third kappa shape index (κ3) is 6.41. The molecule has 2 aromatic carbocycles. The van der Waals surface area contributed by atoms with Crippen molar-refractivity contribution >= 4 is 18.0 Å². The second kappa shape index (κ2) is 10.9. The first-order valence-corrected chi connectivity index (χ1v) is 12.1. The van der Waals surface area contributed by atoms with Crippen LogP contribution < -0.4 is 5.32 Å². The van der Waals surface area contributed by atoms with Crippen molar-refractivity contribution in [1.82, 2.24) is 10.2 Å². The fraction of sp³-hybridized carbons (Fsp3) is 0.464. The van der Waals surface area contributed by atoms with E-state index in [9.17, 15) is 14.4 Å². The Bertz CT molecular complexity index is 1030. The van der Waals surface area contributed by atoms with E-state index in [1.807, 2.05) is 58.9 Å². The van der Waals surface area contributed by atoms with Gasteiger partial charge in [0.1, 0.15) is 6.61 Å². The number of alkyl carbamates (subject to hydrolysis) is 1. The van der Waals surface area contributed by atoms with Crippen LogP contribution in [0.2, 0.25) is 0 Å². The molecule has 0 saturated carbocycles. The van der Waals surface area contributed by atoms with E-state index in [-0.39, 0.29) is 43.7 Å². The molecule has 188 valence electrons. The van der Waals surface area contributed by atoms with Crippen LogP contribution in [-0.2, 0) is 14.3 Å². The average Bonchev–Trinajstić information content (AvgIpc) is 3.10. The number of aliphatic carboxylic acids is 1. The highest BCUT2D eigenvalue weighted by atomic mass is 16.5. The standard InChI is InChI=1S/C28H36N2O5/c1-18(2)24(16-25(31)30(28(3,4)5)15-14-26(32)33)29-27(34)35-17-23-21-12-8-6-10-19(21)20-11-7-9-13-22(20)23/h6-13,18,23-24H,14-17H2,1-5H3,(H,29,34)(H,32,33). The molecule has 7 heteroatoms. The Hall–Kier alpha value is -3.35. The molecule has 1 aliphatic carbocycles. The highest BCUT2D eigenvalue weighted by Gasteiger charge is 2.32. The molecule has 0 aliphatic heterocycles. The molecule has 2 aromatic rings. The minimum absolute atomic E-state index is 0.0132. The first-order chi connectivity index (χ1) is 16.5. The largest absolute Gasteiger partial charge is 0.481 e. The van der Waals surface area contributed by atoms with Crippen molar-refractivity contribution in [3.05, 3.63) is 59.7 Å². The number of nitrogens with one attached hydrogen (secondary N) is 1. The molecule has 0 fully saturated rings. The minimum atomic E-state index is -0.954. The molecule has 0 bridgehead atoms. The van der Waals surface area contributed by atoms with Gasteiger partial charge in [-0.3, -0.25) is 9.59 Å². The molecule has 0 aromatic heterocycles. The summed E-state index contributed by atoms with van der Waals surface area (Å²) >= 11 is 0. The molecule has 1 atom stereocenters. The molecule has 0 saturated heterocycles. The van der Waals surface area contributed by atoms with E-state index < -0.39 is 23.6 Å². The third-order valence-corrected chi connectivity index (χ3v) is 6.51. The highest BCUT2D eigenvalue weighted by molar-refractivity contribution is 5.80. The van der Waals surface area contributed by atoms with E-state index in [0.29, 0.717) is 0 Å². The summed E-state index contributed by atoms with van der Waals surface area (Å²) in [5.74, 6) is -1.21. The maximum atomic E-state index is 13.1. The molecule has 0 spiro atoms. The van der Waals surface area contributed by atoms with Gasteiger partial charge in [0.25, 0.3) is 0 Å². The van der Waals surface area contributed by atoms with Gasteiger partial charge in [0.15, 0.2) is 0 Å². The first-order valence-electron chi connectivity index (χ1n) is 12.1. The molecule has 2 amide bonds. The number of carbonyl (C=O) groups excluding carboxylic acids is 2. The normalized spacial score (nSPS) is 13.7. The fourth-order valence-corrected chi connectivity index (χ4v) is 4.58. The lowest BCUT2D eigenvalue weighted by Crippen LogP contribution is -2.50. The molecule has 0 heterocycles. The van der Waals surface area contributed by atoms with Crippen LogP contribution in [0, 0.1) is 5.92 Å². The molecule has 1 aliphatic rings. The van der Waals surface area contributed by atoms with Crippen LogP contribution in [0.25, 0.3) is 11.1 Å². The van der Waals surface area contributed by atoms with Crippen molar-refractivity contribution in [1.29, 1.82) is 0 Å². The van der Waals surface area contributed by atoms with E-state index in [4.69, 9.17) is 9.84 Å². The van der Waals surface area contributed by atoms with Crippen LogP contribution in [0.15, 0.2) is 48.5 Å². The summed E-state index contributed by atoms with van der Waals surface area (Å²) < 4.78 is 5.66. The van der Waals surface area contributed by atoms with Gasteiger partial charge in [-0.15, -0.1) is 0 Å². The Balaban J connectivity index is 1.64. The van der Waals surface area contributed by atoms with E-state index in [0.717, 1.165) is 22.3 Å². The van der Waals surface area contributed by atoms with Crippen molar-refractivity contribution in [2.45, 2.75) is 65.0 Å². The number of benzene rings is 2. The number of hydrogen-bond donors (Lipinski definition) is 2. The topological polar surface area (TPSA) is 95.9 Å². The number of fused-ring (bicyclic) bond motifs is 3. The van der Waals surface area contributed by atoms with E-state index in [2.05, 4.69) is 29.6 Å². The number of ether oxygens (including phenoxy) is 1. The average molecular weight is 481 g/mol. The number of carboxylic acids is 1. The monoisotopic (exact) mass is 480 g/mol. The second-order valence-corrected chi connectivity index (χ2v) is 10.4. The molecule has 2 N–H and O–H groups in total. The van der Waals surface area contributed by atoms with Gasteiger partial charge < -0.3 is 20.1 Å². The van der Waals surface area contributed by atoms with E-state index in [1.165, 1.54) is 0 Å². The van der Waals surface area contributed by atoms with Crippen molar-refractivity contribution in [2.75, 3.05) is 13.2 Å². The zero-order valence-corrected chi connectivity index (χ0v) is 21.2. The van der Waals surface area contributed by atoms with Crippen LogP contribution in [0.4, 0.5) is 4.79 Å². The Labute approximate surface area is 207 Å². The van der Waals surface area contributed by atoms with Gasteiger partial charge >= 0.3 is 12.1 Å². The summed E-state index contributed by atoms with van der Waals surface area (Å²) in [5.41, 5.74) is 4.06. The summed E-state index contributed by atoms with van der Waals surface area (Å²) in [6.45, 7) is 9.79. The SMILES string of the molecule is CC(C)C(CC(=O)N(CCC(=O)O)C(C)(C)C)NC(=O)OCC1c2ccccc2-c2ccccc21. The van der Waals surface area contributed by atoms with Crippen LogP contribution in [0.3, 0.4) is 0 Å². The highest BCUT2D eigenvalue weighted by Crippen LogP contribution is 2.44. The maximum absolute atomic E-state index is 13.1. The van der Waals surface area contributed by atoms with Crippen molar-refractivity contribution in [3.63, 3.8) is 0 Å². The lowest BCUT2D eigenvalue weighted by Gasteiger charge is -2.37. The summed E-state index contributed by atoms with van der Waals surface area (Å²) in [6, 6.07) is 15.9. The minimum Gasteiger partial charge on any atom is -0.481 e. The summed E-state index contributed by atoms with van der Waals surface area (Å²) in [7, 11) is 0. The van der Waals surface area contributed by atoms with Gasteiger partial charge in [0, 0.05) is 30.5 Å². The second-order valence-electron chi connectivity index (χ2n) is 10.4. The Kier molecular flexibility index (Phi) is 8.20. The smallest absolute Gasteiger partial charge is 0.407 e. The number of amides is 2. The summed E-state index contributed by atoms with van der Waals surface area (Å²) in [5, 5.41) is 11.9. The number of rotatable bonds is 9. The van der Waals surface area contributed by atoms with Gasteiger partial charge in [-0.25, -0.2) is 4.79 Å². The lowest BCUT2D eigenvalue weighted by atomic mass is 9.98. The number of nitrogens with zero attached hydrogens (tertiary/aromatic N) is 1. The Morgan fingerprint density at radius 1 is 1.00 bits per heavy atom. The number of carbonyl (C=O) groups is 3. The van der Waals surface area contributed by atoms with Crippen LogP contribution in [0.5, 0.6) is 0 Å². The maximum Gasteiger partial charge on any atom is 0.407 e. The van der Waals surface area contributed by atoms with Gasteiger partial charge in [-0.2, -0.15) is 0 Å². The molecule has 1 unspecified atom stereocenters. The fourth-order valence-electron chi connectivity index (χ4n) is 4.58. The quantitative estimate of drug-likeness (QED) is 0.524. The predicted molar refractivity (Wildman–Crippen MR) is 135 cm³/mol. The van der Waals surface area contributed by atoms with Crippen LogP contribution in [0.1, 0.15) is 64.5 Å². The lowest BCUT2D eigenvalue weighted by molar-refractivity contribution is -0.140. The number of hydrogen-bond acceptors (Lipinski definition) is 4. The summed E-state index contributed by atoms with van der Waals surface area (Å²) in [6.07, 6.45) is -0.625. The van der Waals surface area contributed by atoms with Crippen LogP contribution >= 0.6 is 0 Å². The molecule has 7 nitrogen and oxygen atoms in total. The van der Waals surface area contributed by atoms with Gasteiger partial charge in [0.2, 0.25) is 5.91 Å². The van der Waals surface area contributed by atoms with E-state index >= 15 is 0 Å². The van der Waals surface area contributed by atoms with Crippen LogP contribution in [-0.4, -0.2) is 52.7 Å². The first kappa shape index (κ1) is 26.3. The number of carboxylic acid groups (broad SMARTS) is 1. The molecular weight excluding hydrogens is 444 g/mol. The third-order valence-electron chi connectivity index (χ3n) is 6.51. The zero-order valence-electron chi connectivity index (χ0n) is 21.2. The Morgan fingerprint density at radius 2 is 1.54 bits per heavy atom.